The summed E-state index contributed by atoms with van der Waals surface area (Å²) in [5.41, 5.74) is 0.594. The number of benzene rings is 1. The van der Waals surface area contributed by atoms with Crippen LogP contribution in [0.5, 0.6) is 0 Å². The number of nitrogens with zero attached hydrogens (tertiary/aromatic N) is 2. The third-order valence-electron chi connectivity index (χ3n) is 4.98. The first-order valence-corrected chi connectivity index (χ1v) is 10.0. The lowest BCUT2D eigenvalue weighted by Gasteiger charge is -2.32. The van der Waals surface area contributed by atoms with Crippen LogP contribution in [0.4, 0.5) is 17.6 Å². The van der Waals surface area contributed by atoms with Gasteiger partial charge in [0, 0.05) is 13.1 Å². The monoisotopic (exact) mass is 418 g/mol. The molecule has 1 aliphatic heterocycles. The minimum Gasteiger partial charge on any atom is -0.386 e. The minimum absolute atomic E-state index is 0.136. The topological polar surface area (TPSA) is 59.9 Å². The molecule has 9 heteroatoms. The average Bonchev–Trinajstić information content (AvgIpc) is 2.66. The van der Waals surface area contributed by atoms with Crippen molar-refractivity contribution in [2.24, 2.45) is 10.9 Å². The molecular formula is C20H30F4N4O. The minimum atomic E-state index is -4.13. The van der Waals surface area contributed by atoms with Gasteiger partial charge in [0.05, 0.1) is 19.2 Å². The maximum absolute atomic E-state index is 13.0. The zero-order valence-corrected chi connectivity index (χ0v) is 16.7. The second-order valence-electron chi connectivity index (χ2n) is 7.34. The summed E-state index contributed by atoms with van der Waals surface area (Å²) >= 11 is 0. The Kier molecular flexibility index (Phi) is 9.16. The largest absolute Gasteiger partial charge is 0.401 e. The fraction of sp³-hybridized carbons (Fsp3) is 0.650. The molecule has 1 atom stereocenters. The summed E-state index contributed by atoms with van der Waals surface area (Å²) in [6.07, 6.45) is -2.60. The van der Waals surface area contributed by atoms with Crippen molar-refractivity contribution >= 4 is 5.96 Å². The Hall–Kier alpha value is -1.87. The Balaban J connectivity index is 1.73. The quantitative estimate of drug-likeness (QED) is 0.345. The molecule has 0 radical (unpaired) electrons. The van der Waals surface area contributed by atoms with Gasteiger partial charge in [-0.2, -0.15) is 13.2 Å². The van der Waals surface area contributed by atoms with E-state index in [1.54, 1.807) is 0 Å². The van der Waals surface area contributed by atoms with Gasteiger partial charge in [0.25, 0.3) is 0 Å². The van der Waals surface area contributed by atoms with E-state index in [0.717, 1.165) is 19.3 Å². The summed E-state index contributed by atoms with van der Waals surface area (Å²) in [5, 5.41) is 16.5. The second kappa shape index (κ2) is 11.3. The van der Waals surface area contributed by atoms with E-state index in [1.165, 1.54) is 29.2 Å². The van der Waals surface area contributed by atoms with Gasteiger partial charge in [-0.1, -0.05) is 12.1 Å². The lowest BCUT2D eigenvalue weighted by Crippen LogP contribution is -2.41. The smallest absolute Gasteiger partial charge is 0.386 e. The first-order valence-electron chi connectivity index (χ1n) is 10.0. The summed E-state index contributed by atoms with van der Waals surface area (Å²) in [6, 6.07) is 5.65. The van der Waals surface area contributed by atoms with Crippen LogP contribution >= 0.6 is 0 Å². The third kappa shape index (κ3) is 8.99. The number of hydrogen-bond donors (Lipinski definition) is 3. The summed E-state index contributed by atoms with van der Waals surface area (Å²) in [5.74, 6) is 0.603. The van der Waals surface area contributed by atoms with Crippen molar-refractivity contribution in [3.05, 3.63) is 35.6 Å². The van der Waals surface area contributed by atoms with Crippen molar-refractivity contribution in [1.82, 2.24) is 15.5 Å². The normalized spacial score (nSPS) is 17.9. The van der Waals surface area contributed by atoms with Crippen LogP contribution in [0.25, 0.3) is 0 Å². The lowest BCUT2D eigenvalue weighted by molar-refractivity contribution is -0.148. The number of aliphatic hydroxyl groups is 1. The predicted molar refractivity (Wildman–Crippen MR) is 105 cm³/mol. The molecule has 0 saturated carbocycles. The standard InChI is InChI=1S/C20H30F4N4O/c1-2-25-19(27-13-18(29)16-3-5-17(21)6-4-16)26-10-7-15-8-11-28(12-9-15)14-20(22,23)24/h3-6,15,18,29H,2,7-14H2,1H3,(H2,25,26,27). The molecule has 1 aromatic carbocycles. The van der Waals surface area contributed by atoms with Gasteiger partial charge in [-0.15, -0.1) is 0 Å². The average molecular weight is 418 g/mol. The summed E-state index contributed by atoms with van der Waals surface area (Å²) in [6.45, 7) is 3.51. The van der Waals surface area contributed by atoms with Crippen molar-refractivity contribution in [3.8, 4) is 0 Å². The highest BCUT2D eigenvalue weighted by molar-refractivity contribution is 5.79. The predicted octanol–water partition coefficient (Wildman–Crippen LogP) is 3.08. The van der Waals surface area contributed by atoms with Crippen LogP contribution < -0.4 is 10.6 Å². The number of piperidine rings is 1. The number of rotatable bonds is 8. The van der Waals surface area contributed by atoms with Crippen LogP contribution in [0.1, 0.15) is 37.9 Å². The van der Waals surface area contributed by atoms with E-state index in [9.17, 15) is 22.7 Å². The highest BCUT2D eigenvalue weighted by Crippen LogP contribution is 2.24. The van der Waals surface area contributed by atoms with E-state index in [0.29, 0.717) is 43.6 Å². The van der Waals surface area contributed by atoms with Gasteiger partial charge in [-0.05, 0) is 62.9 Å². The summed E-state index contributed by atoms with van der Waals surface area (Å²) in [7, 11) is 0. The molecule has 3 N–H and O–H groups in total. The molecule has 1 saturated heterocycles. The van der Waals surface area contributed by atoms with Crippen molar-refractivity contribution < 1.29 is 22.7 Å². The Bertz CT molecular complexity index is 628. The second-order valence-corrected chi connectivity index (χ2v) is 7.34. The molecule has 1 unspecified atom stereocenters. The fourth-order valence-corrected chi connectivity index (χ4v) is 3.39. The number of aliphatic hydroxyl groups excluding tert-OH is 1. The van der Waals surface area contributed by atoms with Gasteiger partial charge < -0.3 is 15.7 Å². The molecule has 0 bridgehead atoms. The van der Waals surface area contributed by atoms with Crippen LogP contribution in [0.2, 0.25) is 0 Å². The molecule has 0 amide bonds. The number of guanidine groups is 1. The molecule has 5 nitrogen and oxygen atoms in total. The van der Waals surface area contributed by atoms with Crippen LogP contribution in [0.15, 0.2) is 29.3 Å². The molecule has 0 aliphatic carbocycles. The van der Waals surface area contributed by atoms with Gasteiger partial charge in [-0.25, -0.2) is 4.39 Å². The van der Waals surface area contributed by atoms with Gasteiger partial charge in [-0.3, -0.25) is 9.89 Å². The van der Waals surface area contributed by atoms with E-state index < -0.39 is 18.8 Å². The molecule has 1 aromatic rings. The van der Waals surface area contributed by atoms with Crippen molar-refractivity contribution in [1.29, 1.82) is 0 Å². The van der Waals surface area contributed by atoms with Gasteiger partial charge in [0.1, 0.15) is 5.82 Å². The molecule has 0 spiro atoms. The van der Waals surface area contributed by atoms with E-state index in [2.05, 4.69) is 15.6 Å². The maximum Gasteiger partial charge on any atom is 0.401 e. The first kappa shape index (κ1) is 23.4. The van der Waals surface area contributed by atoms with Crippen LogP contribution in [-0.2, 0) is 0 Å². The molecule has 29 heavy (non-hydrogen) atoms. The van der Waals surface area contributed by atoms with Crippen LogP contribution in [-0.4, -0.2) is 61.4 Å². The fourth-order valence-electron chi connectivity index (χ4n) is 3.39. The number of halogens is 4. The summed E-state index contributed by atoms with van der Waals surface area (Å²) in [4.78, 5) is 5.83. The highest BCUT2D eigenvalue weighted by atomic mass is 19.4. The highest BCUT2D eigenvalue weighted by Gasteiger charge is 2.32. The van der Waals surface area contributed by atoms with Crippen molar-refractivity contribution in [3.63, 3.8) is 0 Å². The number of aliphatic imine (C=N–C) groups is 1. The SMILES string of the molecule is CCNC(=NCC(O)c1ccc(F)cc1)NCCC1CCN(CC(F)(F)F)CC1. The zero-order valence-electron chi connectivity index (χ0n) is 16.7. The number of nitrogens with one attached hydrogen (secondary N) is 2. The Labute approximate surface area is 169 Å². The maximum atomic E-state index is 13.0. The van der Waals surface area contributed by atoms with E-state index >= 15 is 0 Å². The molecule has 1 aliphatic rings. The Morgan fingerprint density at radius 2 is 1.86 bits per heavy atom. The number of hydrogen-bond acceptors (Lipinski definition) is 3. The Morgan fingerprint density at radius 3 is 2.45 bits per heavy atom. The van der Waals surface area contributed by atoms with Crippen molar-refractivity contribution in [2.75, 3.05) is 39.3 Å². The number of likely N-dealkylation sites (tertiary alicyclic amines) is 1. The lowest BCUT2D eigenvalue weighted by atomic mass is 9.93. The van der Waals surface area contributed by atoms with Crippen LogP contribution in [0, 0.1) is 11.7 Å². The molecular weight excluding hydrogens is 388 g/mol. The Morgan fingerprint density at radius 1 is 1.21 bits per heavy atom. The molecule has 2 rings (SSSR count). The van der Waals surface area contributed by atoms with Crippen LogP contribution in [0.3, 0.4) is 0 Å². The molecule has 0 aromatic heterocycles. The zero-order chi connectivity index (χ0) is 21.3. The van der Waals surface area contributed by atoms with E-state index in [-0.39, 0.29) is 12.4 Å². The number of alkyl halides is 3. The molecule has 164 valence electrons. The summed E-state index contributed by atoms with van der Waals surface area (Å²) < 4.78 is 50.3. The van der Waals surface area contributed by atoms with E-state index in [1.807, 2.05) is 6.92 Å². The van der Waals surface area contributed by atoms with Gasteiger partial charge in [0.15, 0.2) is 5.96 Å². The molecule has 1 fully saturated rings. The third-order valence-corrected chi connectivity index (χ3v) is 4.98. The van der Waals surface area contributed by atoms with Gasteiger partial charge in [0.2, 0.25) is 0 Å². The molecule has 1 heterocycles. The van der Waals surface area contributed by atoms with E-state index in [4.69, 9.17) is 0 Å². The van der Waals surface area contributed by atoms with Crippen molar-refractivity contribution in [2.45, 2.75) is 38.5 Å². The van der Waals surface area contributed by atoms with Gasteiger partial charge >= 0.3 is 6.18 Å². The first-order chi connectivity index (χ1) is 13.8.